The molecule has 25 heavy (non-hydrogen) atoms. The SMILES string of the molecule is CC(C)(C)OC(=O)N1CCC(c2c(CO)cccc2C(F)(F)F)CC1. The van der Waals surface area contributed by atoms with Crippen molar-refractivity contribution in [1.82, 2.24) is 4.90 Å². The Morgan fingerprint density at radius 1 is 1.24 bits per heavy atom. The number of alkyl halides is 3. The molecule has 0 saturated carbocycles. The van der Waals surface area contributed by atoms with Crippen molar-refractivity contribution in [3.63, 3.8) is 0 Å². The van der Waals surface area contributed by atoms with E-state index in [1.807, 2.05) is 0 Å². The maximum Gasteiger partial charge on any atom is 0.416 e. The highest BCUT2D eigenvalue weighted by atomic mass is 19.4. The number of rotatable bonds is 2. The lowest BCUT2D eigenvalue weighted by Gasteiger charge is -2.35. The summed E-state index contributed by atoms with van der Waals surface area (Å²) >= 11 is 0. The molecule has 1 amide bonds. The van der Waals surface area contributed by atoms with Gasteiger partial charge in [0.05, 0.1) is 12.2 Å². The molecule has 0 aliphatic carbocycles. The molecule has 0 spiro atoms. The zero-order valence-electron chi connectivity index (χ0n) is 14.7. The van der Waals surface area contributed by atoms with Crippen LogP contribution in [0.1, 0.15) is 56.2 Å². The number of likely N-dealkylation sites (tertiary alicyclic amines) is 1. The smallest absolute Gasteiger partial charge is 0.416 e. The molecule has 140 valence electrons. The second-order valence-corrected chi connectivity index (χ2v) is 7.28. The summed E-state index contributed by atoms with van der Waals surface area (Å²) < 4.78 is 45.3. The third-order valence-electron chi connectivity index (χ3n) is 4.23. The highest BCUT2D eigenvalue weighted by Gasteiger charge is 2.37. The van der Waals surface area contributed by atoms with Gasteiger partial charge in [0.1, 0.15) is 5.60 Å². The molecule has 1 aromatic carbocycles. The Morgan fingerprint density at radius 2 is 1.84 bits per heavy atom. The molecule has 0 aromatic heterocycles. The van der Waals surface area contributed by atoms with Gasteiger partial charge in [0.25, 0.3) is 0 Å². The summed E-state index contributed by atoms with van der Waals surface area (Å²) in [5.74, 6) is -0.348. The Hall–Kier alpha value is -1.76. The number of amides is 1. The summed E-state index contributed by atoms with van der Waals surface area (Å²) in [5.41, 5.74) is -0.859. The molecule has 1 aromatic rings. The van der Waals surface area contributed by atoms with Gasteiger partial charge in [-0.1, -0.05) is 12.1 Å². The van der Waals surface area contributed by atoms with E-state index in [2.05, 4.69) is 0 Å². The molecule has 1 aliphatic heterocycles. The number of nitrogens with zero attached hydrogens (tertiary/aromatic N) is 1. The monoisotopic (exact) mass is 359 g/mol. The van der Waals surface area contributed by atoms with Crippen LogP contribution in [0.25, 0.3) is 0 Å². The van der Waals surface area contributed by atoms with Gasteiger partial charge in [0.15, 0.2) is 0 Å². The van der Waals surface area contributed by atoms with Gasteiger partial charge in [-0.15, -0.1) is 0 Å². The molecule has 0 bridgehead atoms. The Bertz CT molecular complexity index is 615. The van der Waals surface area contributed by atoms with E-state index in [4.69, 9.17) is 4.74 Å². The number of piperidine rings is 1. The number of halogens is 3. The van der Waals surface area contributed by atoms with E-state index < -0.39 is 30.0 Å². The Kier molecular flexibility index (Phi) is 5.66. The second-order valence-electron chi connectivity index (χ2n) is 7.28. The number of carbonyl (C=O) groups excluding carboxylic acids is 1. The molecule has 2 rings (SSSR count). The average Bonchev–Trinajstić information content (AvgIpc) is 2.51. The Balaban J connectivity index is 2.17. The molecular formula is C18H24F3NO3. The Morgan fingerprint density at radius 3 is 2.32 bits per heavy atom. The van der Waals surface area contributed by atoms with E-state index in [1.165, 1.54) is 17.0 Å². The molecule has 1 N–H and O–H groups in total. The predicted molar refractivity (Wildman–Crippen MR) is 87.1 cm³/mol. The molecule has 0 radical (unpaired) electrons. The molecule has 1 fully saturated rings. The third kappa shape index (κ3) is 4.87. The summed E-state index contributed by atoms with van der Waals surface area (Å²) in [6, 6.07) is 3.88. The van der Waals surface area contributed by atoms with Crippen molar-refractivity contribution in [2.75, 3.05) is 13.1 Å². The van der Waals surface area contributed by atoms with Gasteiger partial charge in [-0.2, -0.15) is 13.2 Å². The molecule has 1 heterocycles. The predicted octanol–water partition coefficient (Wildman–Crippen LogP) is 4.31. The largest absolute Gasteiger partial charge is 0.444 e. The van der Waals surface area contributed by atoms with E-state index in [0.29, 0.717) is 31.5 Å². The first kappa shape index (κ1) is 19.6. The van der Waals surface area contributed by atoms with Gasteiger partial charge in [-0.3, -0.25) is 0 Å². The van der Waals surface area contributed by atoms with Crippen LogP contribution < -0.4 is 0 Å². The maximum absolute atomic E-state index is 13.3. The molecule has 1 saturated heterocycles. The van der Waals surface area contributed by atoms with Crippen molar-refractivity contribution in [1.29, 1.82) is 0 Å². The lowest BCUT2D eigenvalue weighted by molar-refractivity contribution is -0.138. The van der Waals surface area contributed by atoms with E-state index in [-0.39, 0.29) is 11.5 Å². The van der Waals surface area contributed by atoms with Crippen molar-refractivity contribution in [3.8, 4) is 0 Å². The fraction of sp³-hybridized carbons (Fsp3) is 0.611. The van der Waals surface area contributed by atoms with Crippen LogP contribution in [0.2, 0.25) is 0 Å². The lowest BCUT2D eigenvalue weighted by atomic mass is 9.83. The van der Waals surface area contributed by atoms with Crippen LogP contribution in [0.4, 0.5) is 18.0 Å². The Labute approximate surface area is 145 Å². The minimum Gasteiger partial charge on any atom is -0.444 e. The summed E-state index contributed by atoms with van der Waals surface area (Å²) in [6.45, 7) is 5.53. The zero-order valence-corrected chi connectivity index (χ0v) is 14.7. The minimum atomic E-state index is -4.47. The topological polar surface area (TPSA) is 49.8 Å². The van der Waals surface area contributed by atoms with Crippen LogP contribution in [0.3, 0.4) is 0 Å². The van der Waals surface area contributed by atoms with Gasteiger partial charge in [0.2, 0.25) is 0 Å². The molecule has 0 unspecified atom stereocenters. The van der Waals surface area contributed by atoms with Gasteiger partial charge in [-0.25, -0.2) is 4.79 Å². The van der Waals surface area contributed by atoms with Crippen molar-refractivity contribution < 1.29 is 27.8 Å². The summed E-state index contributed by atoms with van der Waals surface area (Å²) in [7, 11) is 0. The van der Waals surface area contributed by atoms with Crippen LogP contribution in [0.5, 0.6) is 0 Å². The number of carbonyl (C=O) groups is 1. The fourth-order valence-corrected chi connectivity index (χ4v) is 3.16. The number of hydrogen-bond acceptors (Lipinski definition) is 3. The van der Waals surface area contributed by atoms with Gasteiger partial charge >= 0.3 is 12.3 Å². The van der Waals surface area contributed by atoms with Crippen LogP contribution >= 0.6 is 0 Å². The highest BCUT2D eigenvalue weighted by molar-refractivity contribution is 5.68. The zero-order chi connectivity index (χ0) is 18.8. The first-order valence-electron chi connectivity index (χ1n) is 8.30. The lowest BCUT2D eigenvalue weighted by Crippen LogP contribution is -2.41. The second kappa shape index (κ2) is 7.23. The van der Waals surface area contributed by atoms with Crippen LogP contribution in [-0.4, -0.2) is 34.8 Å². The normalized spacial score (nSPS) is 16.8. The van der Waals surface area contributed by atoms with Gasteiger partial charge in [0, 0.05) is 13.1 Å². The summed E-state index contributed by atoms with van der Waals surface area (Å²) in [4.78, 5) is 13.6. The number of aliphatic hydroxyl groups is 1. The van der Waals surface area contributed by atoms with Gasteiger partial charge < -0.3 is 14.7 Å². The van der Waals surface area contributed by atoms with Crippen molar-refractivity contribution in [3.05, 3.63) is 34.9 Å². The van der Waals surface area contributed by atoms with E-state index in [0.717, 1.165) is 6.07 Å². The van der Waals surface area contributed by atoms with Crippen molar-refractivity contribution in [2.45, 2.75) is 57.9 Å². The van der Waals surface area contributed by atoms with E-state index in [9.17, 15) is 23.1 Å². The van der Waals surface area contributed by atoms with Crippen molar-refractivity contribution in [2.24, 2.45) is 0 Å². The van der Waals surface area contributed by atoms with Crippen LogP contribution in [0.15, 0.2) is 18.2 Å². The molecular weight excluding hydrogens is 335 g/mol. The molecule has 1 aliphatic rings. The average molecular weight is 359 g/mol. The van der Waals surface area contributed by atoms with Gasteiger partial charge in [-0.05, 0) is 56.7 Å². The summed E-state index contributed by atoms with van der Waals surface area (Å²) in [5, 5.41) is 9.46. The molecule has 7 heteroatoms. The van der Waals surface area contributed by atoms with Crippen LogP contribution in [0, 0.1) is 0 Å². The van der Waals surface area contributed by atoms with E-state index >= 15 is 0 Å². The maximum atomic E-state index is 13.3. The summed E-state index contributed by atoms with van der Waals surface area (Å²) in [6.07, 6.45) is -4.11. The first-order valence-corrected chi connectivity index (χ1v) is 8.30. The van der Waals surface area contributed by atoms with Crippen molar-refractivity contribution >= 4 is 6.09 Å². The fourth-order valence-electron chi connectivity index (χ4n) is 3.16. The quantitative estimate of drug-likeness (QED) is 0.856. The highest BCUT2D eigenvalue weighted by Crippen LogP contribution is 2.40. The van der Waals surface area contributed by atoms with Crippen LogP contribution in [-0.2, 0) is 17.5 Å². The number of hydrogen-bond donors (Lipinski definition) is 1. The number of benzene rings is 1. The molecule has 0 atom stereocenters. The number of aliphatic hydroxyl groups excluding tert-OH is 1. The van der Waals surface area contributed by atoms with E-state index in [1.54, 1.807) is 20.8 Å². The minimum absolute atomic E-state index is 0.154. The number of ether oxygens (including phenoxy) is 1. The standard InChI is InChI=1S/C18H24F3NO3/c1-17(2,3)25-16(24)22-9-7-12(8-10-22)15-13(11-23)5-4-6-14(15)18(19,20)21/h4-6,12,23H,7-11H2,1-3H3. The first-order chi connectivity index (χ1) is 11.5. The third-order valence-corrected chi connectivity index (χ3v) is 4.23. The molecule has 4 nitrogen and oxygen atoms in total.